The van der Waals surface area contributed by atoms with Crippen LogP contribution in [0.25, 0.3) is 4.96 Å². The number of aromatic nitrogens is 2. The molecule has 7 heteroatoms. The van der Waals surface area contributed by atoms with Gasteiger partial charge in [-0.05, 0) is 43.2 Å². The van der Waals surface area contributed by atoms with Crippen molar-refractivity contribution >= 4 is 27.9 Å². The summed E-state index contributed by atoms with van der Waals surface area (Å²) in [6.07, 6.45) is 2.51. The van der Waals surface area contributed by atoms with Crippen molar-refractivity contribution in [3.63, 3.8) is 0 Å². The molecule has 6 nitrogen and oxygen atoms in total. The molecule has 2 heterocycles. The molecule has 0 saturated heterocycles. The van der Waals surface area contributed by atoms with Gasteiger partial charge in [-0.25, -0.2) is 4.98 Å². The number of carbonyl (C=O) groups excluding carboxylic acids is 1. The highest BCUT2D eigenvalue weighted by atomic mass is 32.1. The van der Waals surface area contributed by atoms with Gasteiger partial charge in [0, 0.05) is 22.8 Å². The van der Waals surface area contributed by atoms with E-state index in [-0.39, 0.29) is 24.0 Å². The maximum atomic E-state index is 12.7. The molecule has 4 rings (SSSR count). The van der Waals surface area contributed by atoms with E-state index >= 15 is 0 Å². The quantitative estimate of drug-likeness (QED) is 0.455. The number of aryl methyl sites for hydroxylation is 1. The van der Waals surface area contributed by atoms with Gasteiger partial charge in [-0.2, -0.15) is 0 Å². The summed E-state index contributed by atoms with van der Waals surface area (Å²) in [5.41, 5.74) is 2.18. The van der Waals surface area contributed by atoms with Crippen LogP contribution in [0.5, 0.6) is 5.75 Å². The number of hydrogen-bond acceptors (Lipinski definition) is 5. The summed E-state index contributed by atoms with van der Waals surface area (Å²) in [4.78, 5) is 31.1. The number of fused-ring (bicyclic) bond motifs is 1. The molecular formula is C24H23N3O3S. The summed E-state index contributed by atoms with van der Waals surface area (Å²) >= 11 is 1.47. The van der Waals surface area contributed by atoms with Crippen LogP contribution in [0.1, 0.15) is 35.4 Å². The molecule has 2 aromatic heterocycles. The number of thiazole rings is 1. The van der Waals surface area contributed by atoms with Crippen LogP contribution in [0, 0.1) is 6.92 Å². The lowest BCUT2D eigenvalue weighted by Gasteiger charge is -2.15. The van der Waals surface area contributed by atoms with E-state index in [9.17, 15) is 9.59 Å². The van der Waals surface area contributed by atoms with Crippen LogP contribution < -0.4 is 15.6 Å². The molecule has 0 aliphatic rings. The van der Waals surface area contributed by atoms with Gasteiger partial charge in [0.15, 0.2) is 4.96 Å². The molecule has 4 aromatic rings. The second-order valence-corrected chi connectivity index (χ2v) is 8.47. The first-order valence-electron chi connectivity index (χ1n) is 10.1. The zero-order valence-corrected chi connectivity index (χ0v) is 18.2. The van der Waals surface area contributed by atoms with Crippen LogP contribution >= 0.6 is 11.3 Å². The summed E-state index contributed by atoms with van der Waals surface area (Å²) < 4.78 is 7.32. The molecule has 0 spiro atoms. The maximum absolute atomic E-state index is 12.7. The summed E-state index contributed by atoms with van der Waals surface area (Å²) in [6.45, 7) is 4.14. The van der Waals surface area contributed by atoms with Gasteiger partial charge in [0.2, 0.25) is 5.91 Å². The Bertz CT molecular complexity index is 1250. The standard InChI is InChI=1S/C24H23N3O3S/c1-3-21(17-7-5-4-6-8-17)23(29)25-18-9-11-20(12-10-18)30-15-19-13-22(28)27-14-16(2)31-24(27)26-19/h4-14,21H,3,15H2,1-2H3,(H,25,29)/t21-/m0/s1. The van der Waals surface area contributed by atoms with E-state index in [0.29, 0.717) is 22.1 Å². The van der Waals surface area contributed by atoms with Crippen molar-refractivity contribution in [2.45, 2.75) is 32.8 Å². The monoisotopic (exact) mass is 433 g/mol. The van der Waals surface area contributed by atoms with Gasteiger partial charge in [0.05, 0.1) is 11.6 Å². The Balaban J connectivity index is 1.39. The fourth-order valence-electron chi connectivity index (χ4n) is 3.41. The van der Waals surface area contributed by atoms with Crippen LogP contribution in [-0.2, 0) is 11.4 Å². The molecule has 0 aliphatic heterocycles. The molecule has 0 bridgehead atoms. The fourth-order valence-corrected chi connectivity index (χ4v) is 4.26. The highest BCUT2D eigenvalue weighted by molar-refractivity contribution is 7.16. The normalized spacial score (nSPS) is 11.9. The van der Waals surface area contributed by atoms with Gasteiger partial charge >= 0.3 is 0 Å². The number of carbonyl (C=O) groups is 1. The largest absolute Gasteiger partial charge is 0.487 e. The number of rotatable bonds is 7. The minimum absolute atomic E-state index is 0.0356. The average Bonchev–Trinajstić information content (AvgIpc) is 3.15. The first-order chi connectivity index (χ1) is 15.0. The molecule has 0 unspecified atom stereocenters. The van der Waals surface area contributed by atoms with Crippen molar-refractivity contribution in [1.82, 2.24) is 9.38 Å². The number of anilines is 1. The Kier molecular flexibility index (Phi) is 6.13. The third-order valence-corrected chi connectivity index (χ3v) is 5.87. The third kappa shape index (κ3) is 4.83. The minimum Gasteiger partial charge on any atom is -0.487 e. The number of hydrogen-bond donors (Lipinski definition) is 1. The van der Waals surface area contributed by atoms with Gasteiger partial charge in [-0.3, -0.25) is 14.0 Å². The molecule has 0 fully saturated rings. The van der Waals surface area contributed by atoms with Gasteiger partial charge in [-0.15, -0.1) is 11.3 Å². The molecule has 1 amide bonds. The molecule has 31 heavy (non-hydrogen) atoms. The Morgan fingerprint density at radius 1 is 1.16 bits per heavy atom. The van der Waals surface area contributed by atoms with E-state index < -0.39 is 0 Å². The summed E-state index contributed by atoms with van der Waals surface area (Å²) in [5.74, 6) is 0.405. The Hall–Kier alpha value is -3.45. The number of ether oxygens (including phenoxy) is 1. The summed E-state index contributed by atoms with van der Waals surface area (Å²) in [6, 6.07) is 18.5. The van der Waals surface area contributed by atoms with Crippen molar-refractivity contribution in [3.8, 4) is 5.75 Å². The molecule has 0 saturated carbocycles. The second kappa shape index (κ2) is 9.14. The van der Waals surface area contributed by atoms with Crippen LogP contribution in [-0.4, -0.2) is 15.3 Å². The third-order valence-electron chi connectivity index (χ3n) is 4.97. The predicted molar refractivity (Wildman–Crippen MR) is 123 cm³/mol. The number of benzene rings is 2. The maximum Gasteiger partial charge on any atom is 0.258 e. The second-order valence-electron chi connectivity index (χ2n) is 7.25. The Morgan fingerprint density at radius 3 is 2.61 bits per heavy atom. The molecular weight excluding hydrogens is 410 g/mol. The fraction of sp³-hybridized carbons (Fsp3) is 0.208. The lowest BCUT2D eigenvalue weighted by atomic mass is 9.95. The number of amides is 1. The van der Waals surface area contributed by atoms with Gasteiger partial charge in [0.1, 0.15) is 12.4 Å². The zero-order chi connectivity index (χ0) is 21.8. The van der Waals surface area contributed by atoms with E-state index in [1.165, 1.54) is 17.4 Å². The first kappa shape index (κ1) is 20.8. The lowest BCUT2D eigenvalue weighted by Crippen LogP contribution is -2.20. The van der Waals surface area contributed by atoms with Crippen LogP contribution in [0.4, 0.5) is 5.69 Å². The predicted octanol–water partition coefficient (Wildman–Crippen LogP) is 4.78. The zero-order valence-electron chi connectivity index (χ0n) is 17.4. The molecule has 1 atom stereocenters. The van der Waals surface area contributed by atoms with Crippen molar-refractivity contribution in [3.05, 3.63) is 93.3 Å². The Morgan fingerprint density at radius 2 is 1.90 bits per heavy atom. The molecule has 1 N–H and O–H groups in total. The Labute approximate surface area is 184 Å². The van der Waals surface area contributed by atoms with Gasteiger partial charge in [0.25, 0.3) is 5.56 Å². The summed E-state index contributed by atoms with van der Waals surface area (Å²) in [5, 5.41) is 2.97. The van der Waals surface area contributed by atoms with Gasteiger partial charge < -0.3 is 10.1 Å². The van der Waals surface area contributed by atoms with Crippen molar-refractivity contribution in [1.29, 1.82) is 0 Å². The van der Waals surface area contributed by atoms with E-state index in [0.717, 1.165) is 16.9 Å². The molecule has 0 aliphatic carbocycles. The van der Waals surface area contributed by atoms with Gasteiger partial charge in [-0.1, -0.05) is 37.3 Å². The molecule has 2 aromatic carbocycles. The molecule has 158 valence electrons. The number of nitrogens with zero attached hydrogens (tertiary/aromatic N) is 2. The smallest absolute Gasteiger partial charge is 0.258 e. The van der Waals surface area contributed by atoms with E-state index in [4.69, 9.17) is 4.74 Å². The highest BCUT2D eigenvalue weighted by Gasteiger charge is 2.18. The number of nitrogens with one attached hydrogen (secondary N) is 1. The molecule has 0 radical (unpaired) electrons. The van der Waals surface area contributed by atoms with E-state index in [1.807, 2.05) is 44.2 Å². The van der Waals surface area contributed by atoms with Crippen LogP contribution in [0.3, 0.4) is 0 Å². The average molecular weight is 434 g/mol. The first-order valence-corrected chi connectivity index (χ1v) is 10.9. The van der Waals surface area contributed by atoms with Crippen LogP contribution in [0.2, 0.25) is 0 Å². The van der Waals surface area contributed by atoms with E-state index in [2.05, 4.69) is 10.3 Å². The minimum atomic E-state index is -0.196. The SMILES string of the molecule is CC[C@H](C(=O)Nc1ccc(OCc2cc(=O)n3cc(C)sc3n2)cc1)c1ccccc1. The highest BCUT2D eigenvalue weighted by Crippen LogP contribution is 2.23. The topological polar surface area (TPSA) is 72.7 Å². The lowest BCUT2D eigenvalue weighted by molar-refractivity contribution is -0.117. The summed E-state index contributed by atoms with van der Waals surface area (Å²) in [7, 11) is 0. The van der Waals surface area contributed by atoms with Crippen LogP contribution in [0.15, 0.2) is 71.7 Å². The van der Waals surface area contributed by atoms with Crippen molar-refractivity contribution in [2.24, 2.45) is 0 Å². The van der Waals surface area contributed by atoms with E-state index in [1.54, 1.807) is 34.9 Å². The van der Waals surface area contributed by atoms with Crippen molar-refractivity contribution in [2.75, 3.05) is 5.32 Å². The van der Waals surface area contributed by atoms with Crippen molar-refractivity contribution < 1.29 is 9.53 Å².